The van der Waals surface area contributed by atoms with E-state index in [9.17, 15) is 9.59 Å². The molecule has 0 aromatic heterocycles. The van der Waals surface area contributed by atoms with E-state index < -0.39 is 5.97 Å². The zero-order valence-corrected chi connectivity index (χ0v) is 13.5. The van der Waals surface area contributed by atoms with Crippen LogP contribution in [0.25, 0.3) is 0 Å². The summed E-state index contributed by atoms with van der Waals surface area (Å²) in [5.41, 5.74) is 0. The summed E-state index contributed by atoms with van der Waals surface area (Å²) in [6, 6.07) is -0.169. The second-order valence-corrected chi connectivity index (χ2v) is 6.23. The lowest BCUT2D eigenvalue weighted by Gasteiger charge is -2.27. The van der Waals surface area contributed by atoms with E-state index >= 15 is 0 Å². The summed E-state index contributed by atoms with van der Waals surface area (Å²) in [6.45, 7) is 10.1. The number of urea groups is 1. The van der Waals surface area contributed by atoms with Crippen LogP contribution >= 0.6 is 0 Å². The Hall–Kier alpha value is -1.30. The van der Waals surface area contributed by atoms with Crippen LogP contribution in [0.2, 0.25) is 0 Å². The molecule has 0 bridgehead atoms. The number of nitrogens with one attached hydrogen (secondary N) is 1. The molecule has 2 N–H and O–H groups in total. The summed E-state index contributed by atoms with van der Waals surface area (Å²) < 4.78 is 0. The average molecular weight is 299 g/mol. The van der Waals surface area contributed by atoms with Gasteiger partial charge in [0.1, 0.15) is 0 Å². The topological polar surface area (TPSA) is 72.9 Å². The van der Waals surface area contributed by atoms with Crippen molar-refractivity contribution in [3.8, 4) is 0 Å². The van der Waals surface area contributed by atoms with Crippen LogP contribution in [0, 0.1) is 5.92 Å². The molecule has 1 aliphatic heterocycles. The van der Waals surface area contributed by atoms with Crippen molar-refractivity contribution in [3.05, 3.63) is 0 Å². The van der Waals surface area contributed by atoms with Crippen LogP contribution in [0.4, 0.5) is 4.79 Å². The number of hydrogen-bond acceptors (Lipinski definition) is 3. The van der Waals surface area contributed by atoms with Crippen molar-refractivity contribution in [2.45, 2.75) is 46.1 Å². The van der Waals surface area contributed by atoms with Gasteiger partial charge in [-0.15, -0.1) is 0 Å². The SMILES string of the molecule is CC(CNC(=O)N(CCC(=O)O)C(C)C)CN1CCCC1. The lowest BCUT2D eigenvalue weighted by Crippen LogP contribution is -2.46. The zero-order chi connectivity index (χ0) is 15.8. The van der Waals surface area contributed by atoms with Gasteiger partial charge in [0.05, 0.1) is 6.42 Å². The highest BCUT2D eigenvalue weighted by atomic mass is 16.4. The predicted molar refractivity (Wildman–Crippen MR) is 82.3 cm³/mol. The van der Waals surface area contributed by atoms with Crippen molar-refractivity contribution < 1.29 is 14.7 Å². The molecule has 1 heterocycles. The number of carboxylic acid groups (broad SMARTS) is 1. The number of rotatable bonds is 8. The van der Waals surface area contributed by atoms with Crippen LogP contribution in [0.5, 0.6) is 0 Å². The molecule has 0 radical (unpaired) electrons. The Morgan fingerprint density at radius 1 is 1.24 bits per heavy atom. The van der Waals surface area contributed by atoms with E-state index in [1.54, 1.807) is 4.90 Å². The molecule has 0 saturated carbocycles. The highest BCUT2D eigenvalue weighted by molar-refractivity contribution is 5.75. The van der Waals surface area contributed by atoms with E-state index in [1.807, 2.05) is 13.8 Å². The van der Waals surface area contributed by atoms with Gasteiger partial charge in [-0.1, -0.05) is 6.92 Å². The molecule has 1 saturated heterocycles. The summed E-state index contributed by atoms with van der Waals surface area (Å²) in [6.07, 6.45) is 2.53. The van der Waals surface area contributed by atoms with E-state index in [-0.39, 0.29) is 25.0 Å². The summed E-state index contributed by atoms with van der Waals surface area (Å²) in [4.78, 5) is 26.8. The first-order chi connectivity index (χ1) is 9.90. The standard InChI is InChI=1S/C15H29N3O3/c1-12(2)18(9-6-14(19)20)15(21)16-10-13(3)11-17-7-4-5-8-17/h12-13H,4-11H2,1-3H3,(H,16,21)(H,19,20). The molecule has 6 heteroatoms. The Balaban J connectivity index is 2.32. The minimum atomic E-state index is -0.879. The number of likely N-dealkylation sites (tertiary alicyclic amines) is 1. The van der Waals surface area contributed by atoms with E-state index in [4.69, 9.17) is 5.11 Å². The molecule has 1 aliphatic rings. The van der Waals surface area contributed by atoms with Crippen LogP contribution in [-0.2, 0) is 4.79 Å². The molecule has 1 unspecified atom stereocenters. The molecule has 21 heavy (non-hydrogen) atoms. The lowest BCUT2D eigenvalue weighted by atomic mass is 10.1. The molecule has 122 valence electrons. The Labute approximate surface area is 127 Å². The Morgan fingerprint density at radius 2 is 1.86 bits per heavy atom. The Morgan fingerprint density at radius 3 is 2.38 bits per heavy atom. The Bertz CT molecular complexity index is 341. The number of carbonyl (C=O) groups is 2. The van der Waals surface area contributed by atoms with Crippen molar-refractivity contribution in [1.29, 1.82) is 0 Å². The van der Waals surface area contributed by atoms with Gasteiger partial charge in [0.25, 0.3) is 0 Å². The highest BCUT2D eigenvalue weighted by Gasteiger charge is 2.19. The highest BCUT2D eigenvalue weighted by Crippen LogP contribution is 2.10. The number of carboxylic acids is 1. The van der Waals surface area contributed by atoms with Crippen molar-refractivity contribution in [3.63, 3.8) is 0 Å². The smallest absolute Gasteiger partial charge is 0.317 e. The molecule has 0 spiro atoms. The van der Waals surface area contributed by atoms with Crippen molar-refractivity contribution in [1.82, 2.24) is 15.1 Å². The fourth-order valence-corrected chi connectivity index (χ4v) is 2.64. The maximum atomic E-state index is 12.1. The summed E-state index contributed by atoms with van der Waals surface area (Å²) in [5.74, 6) is -0.476. The third kappa shape index (κ3) is 6.80. The van der Waals surface area contributed by atoms with Gasteiger partial charge in [-0.2, -0.15) is 0 Å². The summed E-state index contributed by atoms with van der Waals surface area (Å²) in [7, 11) is 0. The molecular formula is C15H29N3O3. The molecular weight excluding hydrogens is 270 g/mol. The van der Waals surface area contributed by atoms with Crippen LogP contribution in [0.1, 0.15) is 40.0 Å². The van der Waals surface area contributed by atoms with Crippen LogP contribution < -0.4 is 5.32 Å². The van der Waals surface area contributed by atoms with E-state index in [2.05, 4.69) is 17.1 Å². The number of hydrogen-bond donors (Lipinski definition) is 2. The van der Waals surface area contributed by atoms with E-state index in [0.29, 0.717) is 12.5 Å². The normalized spacial score (nSPS) is 17.0. The largest absolute Gasteiger partial charge is 0.481 e. The number of carbonyl (C=O) groups excluding carboxylic acids is 1. The number of aliphatic carboxylic acids is 1. The van der Waals surface area contributed by atoms with Gasteiger partial charge in [-0.3, -0.25) is 4.79 Å². The van der Waals surface area contributed by atoms with Crippen molar-refractivity contribution in [2.24, 2.45) is 5.92 Å². The average Bonchev–Trinajstić information content (AvgIpc) is 2.88. The van der Waals surface area contributed by atoms with Crippen LogP contribution in [0.15, 0.2) is 0 Å². The van der Waals surface area contributed by atoms with Gasteiger partial charge in [0.15, 0.2) is 0 Å². The molecule has 1 fully saturated rings. The Kier molecular flexibility index (Phi) is 7.50. The maximum Gasteiger partial charge on any atom is 0.317 e. The van der Waals surface area contributed by atoms with Crippen molar-refractivity contribution in [2.75, 3.05) is 32.7 Å². The first-order valence-electron chi connectivity index (χ1n) is 7.88. The first kappa shape index (κ1) is 17.8. The zero-order valence-electron chi connectivity index (χ0n) is 13.5. The molecule has 0 aromatic rings. The molecule has 0 aromatic carbocycles. The summed E-state index contributed by atoms with van der Waals surface area (Å²) >= 11 is 0. The van der Waals surface area contributed by atoms with Gasteiger partial charge in [-0.25, -0.2) is 4.79 Å². The second-order valence-electron chi connectivity index (χ2n) is 6.23. The third-order valence-electron chi connectivity index (χ3n) is 3.82. The lowest BCUT2D eigenvalue weighted by molar-refractivity contribution is -0.137. The van der Waals surface area contributed by atoms with Gasteiger partial charge in [0, 0.05) is 25.7 Å². The minimum absolute atomic E-state index is 0.00163. The van der Waals surface area contributed by atoms with E-state index in [1.165, 1.54) is 12.8 Å². The van der Waals surface area contributed by atoms with Crippen molar-refractivity contribution >= 4 is 12.0 Å². The minimum Gasteiger partial charge on any atom is -0.481 e. The molecule has 2 amide bonds. The van der Waals surface area contributed by atoms with Gasteiger partial charge in [-0.05, 0) is 45.7 Å². The summed E-state index contributed by atoms with van der Waals surface area (Å²) in [5, 5.41) is 11.7. The van der Waals surface area contributed by atoms with E-state index in [0.717, 1.165) is 19.6 Å². The maximum absolute atomic E-state index is 12.1. The monoisotopic (exact) mass is 299 g/mol. The van der Waals surface area contributed by atoms with Gasteiger partial charge in [0.2, 0.25) is 0 Å². The quantitative estimate of drug-likeness (QED) is 0.714. The first-order valence-corrected chi connectivity index (χ1v) is 7.88. The number of amides is 2. The second kappa shape index (κ2) is 8.87. The molecule has 6 nitrogen and oxygen atoms in total. The molecule has 0 aliphatic carbocycles. The fraction of sp³-hybridized carbons (Fsp3) is 0.867. The number of nitrogens with zero attached hydrogens (tertiary/aromatic N) is 2. The fourth-order valence-electron chi connectivity index (χ4n) is 2.64. The molecule has 1 rings (SSSR count). The van der Waals surface area contributed by atoms with Crippen LogP contribution in [-0.4, -0.2) is 65.7 Å². The van der Waals surface area contributed by atoms with Gasteiger partial charge >= 0.3 is 12.0 Å². The predicted octanol–water partition coefficient (Wildman–Crippen LogP) is 1.61. The van der Waals surface area contributed by atoms with Gasteiger partial charge < -0.3 is 20.2 Å². The third-order valence-corrected chi connectivity index (χ3v) is 3.82. The van der Waals surface area contributed by atoms with Crippen LogP contribution in [0.3, 0.4) is 0 Å². The molecule has 1 atom stereocenters.